The molecule has 1 saturated carbocycles. The van der Waals surface area contributed by atoms with Gasteiger partial charge in [-0.25, -0.2) is 4.98 Å². The largest absolute Gasteiger partial charge is 0.389 e. The van der Waals surface area contributed by atoms with Gasteiger partial charge in [-0.05, 0) is 12.8 Å². The highest BCUT2D eigenvalue weighted by atomic mass is 32.1. The van der Waals surface area contributed by atoms with E-state index < -0.39 is 5.60 Å². The second-order valence-electron chi connectivity index (χ2n) is 3.50. The van der Waals surface area contributed by atoms with Crippen molar-refractivity contribution >= 4 is 11.3 Å². The van der Waals surface area contributed by atoms with Crippen molar-refractivity contribution in [3.8, 4) is 0 Å². The van der Waals surface area contributed by atoms with Gasteiger partial charge in [0.1, 0.15) is 0 Å². The first-order chi connectivity index (χ1) is 5.68. The zero-order chi connectivity index (χ0) is 8.60. The predicted molar refractivity (Wildman–Crippen MR) is 48.0 cm³/mol. The summed E-state index contributed by atoms with van der Waals surface area (Å²) in [6.45, 7) is 0. The minimum atomic E-state index is -0.558. The Balaban J connectivity index is 1.96. The van der Waals surface area contributed by atoms with Gasteiger partial charge in [0.2, 0.25) is 0 Å². The number of aromatic nitrogens is 1. The van der Waals surface area contributed by atoms with Crippen molar-refractivity contribution in [3.63, 3.8) is 0 Å². The van der Waals surface area contributed by atoms with E-state index in [0.29, 0.717) is 19.3 Å². The molecule has 0 saturated heterocycles. The molecule has 0 bridgehead atoms. The SMILES string of the molecule is NC1CC(O)(Cc2nccs2)C1. The number of nitrogens with two attached hydrogens (primary N) is 1. The lowest BCUT2D eigenvalue weighted by atomic mass is 9.74. The predicted octanol–water partition coefficient (Wildman–Crippen LogP) is 0.538. The van der Waals surface area contributed by atoms with E-state index in [1.807, 2.05) is 5.38 Å². The Morgan fingerprint density at radius 2 is 2.50 bits per heavy atom. The molecule has 1 aliphatic carbocycles. The molecular formula is C8H12N2OS. The van der Waals surface area contributed by atoms with Crippen LogP contribution in [0.4, 0.5) is 0 Å². The van der Waals surface area contributed by atoms with E-state index in [1.165, 1.54) is 0 Å². The molecule has 0 aliphatic heterocycles. The molecule has 0 radical (unpaired) electrons. The molecule has 1 fully saturated rings. The fraction of sp³-hybridized carbons (Fsp3) is 0.625. The van der Waals surface area contributed by atoms with Gasteiger partial charge in [0.25, 0.3) is 0 Å². The zero-order valence-electron chi connectivity index (χ0n) is 6.73. The molecule has 1 heterocycles. The van der Waals surface area contributed by atoms with Crippen molar-refractivity contribution in [3.05, 3.63) is 16.6 Å². The first-order valence-electron chi connectivity index (χ1n) is 4.04. The van der Waals surface area contributed by atoms with Gasteiger partial charge in [0.05, 0.1) is 10.6 Å². The van der Waals surface area contributed by atoms with Crippen LogP contribution in [0.15, 0.2) is 11.6 Å². The molecule has 3 N–H and O–H groups in total. The lowest BCUT2D eigenvalue weighted by molar-refractivity contribution is -0.0455. The van der Waals surface area contributed by atoms with Crippen LogP contribution in [0.5, 0.6) is 0 Å². The molecule has 12 heavy (non-hydrogen) atoms. The third-order valence-electron chi connectivity index (χ3n) is 2.25. The minimum Gasteiger partial charge on any atom is -0.389 e. The second-order valence-corrected chi connectivity index (χ2v) is 4.47. The van der Waals surface area contributed by atoms with Crippen LogP contribution in [0.25, 0.3) is 0 Å². The van der Waals surface area contributed by atoms with Crippen LogP contribution in [0, 0.1) is 0 Å². The molecule has 1 aromatic heterocycles. The van der Waals surface area contributed by atoms with E-state index >= 15 is 0 Å². The van der Waals surface area contributed by atoms with Crippen LogP contribution in [0.3, 0.4) is 0 Å². The lowest BCUT2D eigenvalue weighted by Crippen LogP contribution is -2.52. The third kappa shape index (κ3) is 1.50. The van der Waals surface area contributed by atoms with Crippen molar-refractivity contribution in [2.45, 2.75) is 30.9 Å². The molecule has 1 aromatic rings. The highest BCUT2D eigenvalue weighted by Crippen LogP contribution is 2.34. The summed E-state index contributed by atoms with van der Waals surface area (Å²) in [5.74, 6) is 0. The average Bonchev–Trinajstić information content (AvgIpc) is 2.36. The summed E-state index contributed by atoms with van der Waals surface area (Å²) in [6, 6.07) is 0.190. The van der Waals surface area contributed by atoms with E-state index in [-0.39, 0.29) is 6.04 Å². The monoisotopic (exact) mass is 184 g/mol. The number of thiazole rings is 1. The van der Waals surface area contributed by atoms with Crippen molar-refractivity contribution in [2.24, 2.45) is 5.73 Å². The van der Waals surface area contributed by atoms with E-state index in [9.17, 15) is 5.11 Å². The number of hydrogen-bond donors (Lipinski definition) is 2. The Morgan fingerprint density at radius 3 is 3.00 bits per heavy atom. The van der Waals surface area contributed by atoms with Gasteiger partial charge in [-0.1, -0.05) is 0 Å². The fourth-order valence-corrected chi connectivity index (χ4v) is 2.43. The van der Waals surface area contributed by atoms with Gasteiger partial charge >= 0.3 is 0 Å². The number of nitrogens with zero attached hydrogens (tertiary/aromatic N) is 1. The van der Waals surface area contributed by atoms with Gasteiger partial charge < -0.3 is 10.8 Å². The summed E-state index contributed by atoms with van der Waals surface area (Å²) in [6.07, 6.45) is 3.86. The maximum absolute atomic E-state index is 9.84. The molecule has 0 aromatic carbocycles. The quantitative estimate of drug-likeness (QED) is 0.705. The molecule has 0 amide bonds. The van der Waals surface area contributed by atoms with Crippen LogP contribution in [0.1, 0.15) is 17.8 Å². The van der Waals surface area contributed by atoms with Crippen molar-refractivity contribution in [1.29, 1.82) is 0 Å². The first kappa shape index (κ1) is 8.16. The number of aliphatic hydroxyl groups is 1. The van der Waals surface area contributed by atoms with E-state index in [1.54, 1.807) is 17.5 Å². The minimum absolute atomic E-state index is 0.190. The van der Waals surface area contributed by atoms with Crippen LogP contribution in [-0.4, -0.2) is 21.7 Å². The van der Waals surface area contributed by atoms with Gasteiger partial charge in [0.15, 0.2) is 0 Å². The number of hydrogen-bond acceptors (Lipinski definition) is 4. The fourth-order valence-electron chi connectivity index (χ4n) is 1.68. The second kappa shape index (κ2) is 2.80. The van der Waals surface area contributed by atoms with Crippen molar-refractivity contribution in [1.82, 2.24) is 4.98 Å². The molecule has 0 atom stereocenters. The Hall–Kier alpha value is -0.450. The first-order valence-corrected chi connectivity index (χ1v) is 4.92. The van der Waals surface area contributed by atoms with Gasteiger partial charge in [-0.2, -0.15) is 0 Å². The summed E-state index contributed by atoms with van der Waals surface area (Å²) in [5, 5.41) is 12.8. The van der Waals surface area contributed by atoms with Crippen LogP contribution in [-0.2, 0) is 6.42 Å². The van der Waals surface area contributed by atoms with Gasteiger partial charge in [-0.15, -0.1) is 11.3 Å². The van der Waals surface area contributed by atoms with E-state index in [2.05, 4.69) is 4.98 Å². The standard InChI is InChI=1S/C8H12N2OS/c9-6-3-8(11,4-6)5-7-10-1-2-12-7/h1-2,6,11H,3-5,9H2. The van der Waals surface area contributed by atoms with Crippen molar-refractivity contribution in [2.75, 3.05) is 0 Å². The normalized spacial score (nSPS) is 34.7. The molecule has 0 spiro atoms. The van der Waals surface area contributed by atoms with Crippen LogP contribution < -0.4 is 5.73 Å². The summed E-state index contributed by atoms with van der Waals surface area (Å²) in [4.78, 5) is 4.13. The van der Waals surface area contributed by atoms with Crippen molar-refractivity contribution < 1.29 is 5.11 Å². The summed E-state index contributed by atoms with van der Waals surface area (Å²) in [7, 11) is 0. The Bertz CT molecular complexity index is 254. The Kier molecular flexibility index (Phi) is 1.90. The van der Waals surface area contributed by atoms with Crippen LogP contribution in [0.2, 0.25) is 0 Å². The lowest BCUT2D eigenvalue weighted by Gasteiger charge is -2.41. The smallest absolute Gasteiger partial charge is 0.0953 e. The Labute approximate surface area is 75.2 Å². The molecule has 2 rings (SSSR count). The van der Waals surface area contributed by atoms with E-state index in [4.69, 9.17) is 5.73 Å². The van der Waals surface area contributed by atoms with Crippen LogP contribution >= 0.6 is 11.3 Å². The highest BCUT2D eigenvalue weighted by molar-refractivity contribution is 7.09. The average molecular weight is 184 g/mol. The highest BCUT2D eigenvalue weighted by Gasteiger charge is 2.41. The van der Waals surface area contributed by atoms with E-state index in [0.717, 1.165) is 5.01 Å². The van der Waals surface area contributed by atoms with Gasteiger partial charge in [-0.3, -0.25) is 0 Å². The molecule has 3 nitrogen and oxygen atoms in total. The molecule has 0 unspecified atom stereocenters. The molecule has 1 aliphatic rings. The molecule has 66 valence electrons. The molecule has 4 heteroatoms. The summed E-state index contributed by atoms with van der Waals surface area (Å²) in [5.41, 5.74) is 5.05. The number of rotatable bonds is 2. The third-order valence-corrected chi connectivity index (χ3v) is 3.03. The summed E-state index contributed by atoms with van der Waals surface area (Å²) >= 11 is 1.59. The molecular weight excluding hydrogens is 172 g/mol. The summed E-state index contributed by atoms with van der Waals surface area (Å²) < 4.78 is 0. The Morgan fingerprint density at radius 1 is 1.75 bits per heavy atom. The maximum Gasteiger partial charge on any atom is 0.0953 e. The maximum atomic E-state index is 9.84. The zero-order valence-corrected chi connectivity index (χ0v) is 7.55. The van der Waals surface area contributed by atoms with Gasteiger partial charge in [0, 0.05) is 24.0 Å². The topological polar surface area (TPSA) is 59.1 Å².